The van der Waals surface area contributed by atoms with Gasteiger partial charge in [-0.05, 0) is 60.6 Å². The van der Waals surface area contributed by atoms with Crippen molar-refractivity contribution in [2.45, 2.75) is 19.4 Å². The van der Waals surface area contributed by atoms with E-state index in [1.54, 1.807) is 11.7 Å². The number of aromatic amines is 1. The van der Waals surface area contributed by atoms with Gasteiger partial charge < -0.3 is 19.4 Å². The average Bonchev–Trinajstić information content (AvgIpc) is 3.33. The van der Waals surface area contributed by atoms with Gasteiger partial charge in [0, 0.05) is 23.0 Å². The second kappa shape index (κ2) is 7.39. The van der Waals surface area contributed by atoms with Crippen molar-refractivity contribution in [2.24, 2.45) is 0 Å². The summed E-state index contributed by atoms with van der Waals surface area (Å²) in [6.45, 7) is 2.05. The van der Waals surface area contributed by atoms with Gasteiger partial charge in [-0.2, -0.15) is 0 Å². The SMILES string of the molecule is COc1ccc(C2c3[nH]c4ccccc4c3Cc3c(O)n(-c4ccc(C)cc4)c(=S)n32)cc1. The molecule has 0 radical (unpaired) electrons. The van der Waals surface area contributed by atoms with Crippen molar-refractivity contribution < 1.29 is 9.84 Å². The number of benzene rings is 3. The fraction of sp³-hybridized carbons (Fsp3) is 0.148. The molecule has 2 N–H and O–H groups in total. The summed E-state index contributed by atoms with van der Waals surface area (Å²) in [6.07, 6.45) is 0.598. The zero-order valence-corrected chi connectivity index (χ0v) is 19.2. The number of nitrogens with one attached hydrogen (secondary N) is 1. The van der Waals surface area contributed by atoms with E-state index in [0.29, 0.717) is 11.2 Å². The van der Waals surface area contributed by atoms with Gasteiger partial charge in [0.05, 0.1) is 18.5 Å². The first-order valence-electron chi connectivity index (χ1n) is 10.9. The van der Waals surface area contributed by atoms with Gasteiger partial charge in [0.15, 0.2) is 4.77 Å². The normalized spacial score (nSPS) is 14.8. The van der Waals surface area contributed by atoms with E-state index in [1.807, 2.05) is 49.4 Å². The standard InChI is InChI=1S/C27H23N3O2S/c1-16-7-11-18(12-8-16)29-26(31)23-15-21-20-5-3-4-6-22(20)28-24(21)25(30(23)27(29)33)17-9-13-19(32-2)14-10-17/h3-14,25,28,31H,15H2,1-2H3. The molecule has 1 unspecified atom stereocenters. The maximum atomic E-state index is 11.4. The van der Waals surface area contributed by atoms with Crippen molar-refractivity contribution in [1.82, 2.24) is 14.1 Å². The van der Waals surface area contributed by atoms with Crippen LogP contribution in [0.2, 0.25) is 0 Å². The molecular formula is C27H23N3O2S. The molecule has 0 fully saturated rings. The molecule has 0 spiro atoms. The minimum atomic E-state index is -0.188. The average molecular weight is 454 g/mol. The Morgan fingerprint density at radius 2 is 1.73 bits per heavy atom. The number of hydrogen-bond donors (Lipinski definition) is 2. The number of nitrogens with zero attached hydrogens (tertiary/aromatic N) is 2. The van der Waals surface area contributed by atoms with E-state index in [2.05, 4.69) is 39.9 Å². The summed E-state index contributed by atoms with van der Waals surface area (Å²) in [5, 5.41) is 12.6. The third-order valence-electron chi connectivity index (χ3n) is 6.60. The van der Waals surface area contributed by atoms with E-state index >= 15 is 0 Å². The van der Waals surface area contributed by atoms with Crippen molar-refractivity contribution in [3.8, 4) is 17.3 Å². The Morgan fingerprint density at radius 3 is 2.45 bits per heavy atom. The predicted molar refractivity (Wildman–Crippen MR) is 132 cm³/mol. The maximum absolute atomic E-state index is 11.4. The molecule has 33 heavy (non-hydrogen) atoms. The van der Waals surface area contributed by atoms with E-state index < -0.39 is 0 Å². The smallest absolute Gasteiger partial charge is 0.218 e. The molecule has 3 aromatic carbocycles. The number of imidazole rings is 1. The Labute approximate surface area is 196 Å². The zero-order chi connectivity index (χ0) is 22.7. The molecule has 0 aliphatic carbocycles. The van der Waals surface area contributed by atoms with Gasteiger partial charge in [0.2, 0.25) is 5.88 Å². The molecule has 0 saturated heterocycles. The van der Waals surface area contributed by atoms with Gasteiger partial charge in [-0.1, -0.05) is 48.0 Å². The largest absolute Gasteiger partial charge is 0.497 e. The summed E-state index contributed by atoms with van der Waals surface area (Å²) in [7, 11) is 1.67. The molecule has 5 nitrogen and oxygen atoms in total. The molecule has 1 atom stereocenters. The molecule has 1 aliphatic rings. The molecular weight excluding hydrogens is 430 g/mol. The van der Waals surface area contributed by atoms with Crippen molar-refractivity contribution in [3.63, 3.8) is 0 Å². The second-order valence-electron chi connectivity index (χ2n) is 8.51. The third kappa shape index (κ3) is 2.94. The number of H-pyrrole nitrogens is 1. The van der Waals surface area contributed by atoms with Crippen LogP contribution < -0.4 is 4.74 Å². The summed E-state index contributed by atoms with van der Waals surface area (Å²) in [5.74, 6) is 0.994. The first kappa shape index (κ1) is 19.9. The van der Waals surface area contributed by atoms with Crippen LogP contribution in [0.5, 0.6) is 11.6 Å². The highest BCUT2D eigenvalue weighted by atomic mass is 32.1. The molecule has 1 aliphatic heterocycles. The molecule has 2 aromatic heterocycles. The fourth-order valence-electron chi connectivity index (χ4n) is 4.95. The third-order valence-corrected chi connectivity index (χ3v) is 6.98. The minimum absolute atomic E-state index is 0.188. The van der Waals surface area contributed by atoms with Crippen LogP contribution in [-0.2, 0) is 6.42 Å². The number of hydrogen-bond acceptors (Lipinski definition) is 3. The van der Waals surface area contributed by atoms with Crippen LogP contribution in [0.1, 0.15) is 34.1 Å². The number of aromatic hydroxyl groups is 1. The van der Waals surface area contributed by atoms with E-state index in [4.69, 9.17) is 17.0 Å². The van der Waals surface area contributed by atoms with Crippen LogP contribution in [0.25, 0.3) is 16.6 Å². The zero-order valence-electron chi connectivity index (χ0n) is 18.4. The lowest BCUT2D eigenvalue weighted by atomic mass is 9.93. The fourth-order valence-corrected chi connectivity index (χ4v) is 5.36. The van der Waals surface area contributed by atoms with Crippen LogP contribution in [0.3, 0.4) is 0 Å². The summed E-state index contributed by atoms with van der Waals surface area (Å²) < 4.78 is 9.80. The summed E-state index contributed by atoms with van der Waals surface area (Å²) in [5.41, 5.74) is 7.28. The number of methoxy groups -OCH3 is 1. The van der Waals surface area contributed by atoms with E-state index in [0.717, 1.165) is 39.5 Å². The first-order chi connectivity index (χ1) is 16.1. The number of fused-ring (bicyclic) bond motifs is 4. The van der Waals surface area contributed by atoms with Crippen molar-refractivity contribution in [1.29, 1.82) is 0 Å². The first-order valence-corrected chi connectivity index (χ1v) is 11.3. The molecule has 6 rings (SSSR count). The Kier molecular flexibility index (Phi) is 4.45. The van der Waals surface area contributed by atoms with Gasteiger partial charge in [0.25, 0.3) is 0 Å². The van der Waals surface area contributed by atoms with Crippen LogP contribution in [-0.4, -0.2) is 26.3 Å². The molecule has 0 amide bonds. The number of ether oxygens (including phenoxy) is 1. The second-order valence-corrected chi connectivity index (χ2v) is 8.87. The van der Waals surface area contributed by atoms with E-state index in [1.165, 1.54) is 10.9 Å². The lowest BCUT2D eigenvalue weighted by molar-refractivity contribution is 0.414. The quantitative estimate of drug-likeness (QED) is 0.321. The van der Waals surface area contributed by atoms with Crippen LogP contribution in [0.4, 0.5) is 0 Å². The minimum Gasteiger partial charge on any atom is -0.497 e. The Balaban J connectivity index is 1.64. The van der Waals surface area contributed by atoms with Gasteiger partial charge in [-0.15, -0.1) is 0 Å². The summed E-state index contributed by atoms with van der Waals surface area (Å²) >= 11 is 5.98. The summed E-state index contributed by atoms with van der Waals surface area (Å²) in [6, 6.07) is 24.2. The van der Waals surface area contributed by atoms with Crippen LogP contribution >= 0.6 is 12.2 Å². The molecule has 0 bridgehead atoms. The molecule has 3 heterocycles. The van der Waals surface area contributed by atoms with Gasteiger partial charge >= 0.3 is 0 Å². The Morgan fingerprint density at radius 1 is 1.00 bits per heavy atom. The lowest BCUT2D eigenvalue weighted by Crippen LogP contribution is -2.21. The van der Waals surface area contributed by atoms with Gasteiger partial charge in [-0.25, -0.2) is 0 Å². The van der Waals surface area contributed by atoms with Crippen molar-refractivity contribution >= 4 is 23.1 Å². The molecule has 6 heteroatoms. The maximum Gasteiger partial charge on any atom is 0.218 e. The van der Waals surface area contributed by atoms with Crippen LogP contribution in [0, 0.1) is 11.7 Å². The molecule has 5 aromatic rings. The van der Waals surface area contributed by atoms with Crippen molar-refractivity contribution in [3.05, 3.63) is 106 Å². The van der Waals surface area contributed by atoms with E-state index in [-0.39, 0.29) is 11.9 Å². The van der Waals surface area contributed by atoms with Crippen LogP contribution in [0.15, 0.2) is 72.8 Å². The lowest BCUT2D eigenvalue weighted by Gasteiger charge is -2.26. The molecule has 0 saturated carbocycles. The van der Waals surface area contributed by atoms with E-state index in [9.17, 15) is 5.11 Å². The Bertz CT molecular complexity index is 1560. The highest BCUT2D eigenvalue weighted by molar-refractivity contribution is 7.71. The number of aryl methyl sites for hydroxylation is 1. The van der Waals surface area contributed by atoms with Crippen molar-refractivity contribution in [2.75, 3.05) is 7.11 Å². The highest BCUT2D eigenvalue weighted by Crippen LogP contribution is 2.43. The highest BCUT2D eigenvalue weighted by Gasteiger charge is 2.34. The predicted octanol–water partition coefficient (Wildman–Crippen LogP) is 6.05. The van der Waals surface area contributed by atoms with Gasteiger partial charge in [-0.3, -0.25) is 4.57 Å². The number of aromatic nitrogens is 3. The summed E-state index contributed by atoms with van der Waals surface area (Å²) in [4.78, 5) is 3.65. The monoisotopic (exact) mass is 453 g/mol. The molecule has 164 valence electrons. The Hall–Kier alpha value is -3.77. The number of para-hydroxylation sites is 1. The number of rotatable bonds is 3. The van der Waals surface area contributed by atoms with Gasteiger partial charge in [0.1, 0.15) is 11.8 Å². The topological polar surface area (TPSA) is 55.1 Å².